The van der Waals surface area contributed by atoms with Gasteiger partial charge in [0.15, 0.2) is 0 Å². The van der Waals surface area contributed by atoms with E-state index < -0.39 is 5.60 Å². The number of benzene rings is 3. The number of H-pyrrole nitrogens is 1. The number of nitriles is 1. The summed E-state index contributed by atoms with van der Waals surface area (Å²) in [6, 6.07) is 21.0. The molecule has 4 nitrogen and oxygen atoms in total. The average molecular weight is 546 g/mol. The van der Waals surface area contributed by atoms with Gasteiger partial charge in [-0.3, -0.25) is 0 Å². The highest BCUT2D eigenvalue weighted by atomic mass is 79.9. The fourth-order valence-corrected chi connectivity index (χ4v) is 5.73. The summed E-state index contributed by atoms with van der Waals surface area (Å²) < 4.78 is 21.2. The standard InChI is InChI=1S/C30H29BrFN3O/c1-35(14-2-4-22-19-34-29-12-8-25(31)17-27(22)29)15-3-13-30(24-6-9-26(32)10-7-24)28-11-5-21(18-33)16-23(28)20-36-30/h5-12,16-17,19,34H,2-4,13-15,20H2,1H3. The molecule has 1 aliphatic rings. The van der Waals surface area contributed by atoms with Gasteiger partial charge in [-0.15, -0.1) is 0 Å². The van der Waals surface area contributed by atoms with Gasteiger partial charge in [0.1, 0.15) is 11.4 Å². The molecule has 2 heterocycles. The van der Waals surface area contributed by atoms with Gasteiger partial charge in [-0.25, -0.2) is 4.39 Å². The Balaban J connectivity index is 1.23. The number of aromatic amines is 1. The van der Waals surface area contributed by atoms with Gasteiger partial charge in [0.05, 0.1) is 18.2 Å². The molecule has 36 heavy (non-hydrogen) atoms. The molecule has 0 saturated carbocycles. The summed E-state index contributed by atoms with van der Waals surface area (Å²) in [6.45, 7) is 2.41. The van der Waals surface area contributed by atoms with Crippen molar-refractivity contribution in [3.05, 3.63) is 105 Å². The SMILES string of the molecule is CN(CCCc1c[nH]c2ccc(Br)cc12)CCCC1(c2ccc(F)cc2)OCc2cc(C#N)ccc21. The Bertz CT molecular complexity index is 1410. The zero-order valence-electron chi connectivity index (χ0n) is 20.4. The number of nitrogens with one attached hydrogen (secondary N) is 1. The van der Waals surface area contributed by atoms with Gasteiger partial charge in [0, 0.05) is 21.6 Å². The number of nitrogens with zero attached hydrogens (tertiary/aromatic N) is 2. The lowest BCUT2D eigenvalue weighted by Gasteiger charge is -2.31. The molecule has 1 aliphatic heterocycles. The normalized spacial score (nSPS) is 17.0. The molecule has 1 atom stereocenters. The maximum atomic E-state index is 13.7. The first-order chi connectivity index (χ1) is 17.5. The quantitative estimate of drug-likeness (QED) is 0.245. The molecule has 0 radical (unpaired) electrons. The van der Waals surface area contributed by atoms with Crippen LogP contribution in [0, 0.1) is 17.1 Å². The molecular weight excluding hydrogens is 517 g/mol. The second-order valence-corrected chi connectivity index (χ2v) is 10.5. The van der Waals surface area contributed by atoms with E-state index in [1.54, 1.807) is 0 Å². The fraction of sp³-hybridized carbons (Fsp3) is 0.300. The van der Waals surface area contributed by atoms with Crippen molar-refractivity contribution in [1.82, 2.24) is 9.88 Å². The number of aryl methyl sites for hydroxylation is 1. The second kappa shape index (κ2) is 10.6. The van der Waals surface area contributed by atoms with Crippen LogP contribution in [-0.2, 0) is 23.4 Å². The smallest absolute Gasteiger partial charge is 0.123 e. The Morgan fingerprint density at radius 1 is 1.08 bits per heavy atom. The van der Waals surface area contributed by atoms with Crippen LogP contribution in [-0.4, -0.2) is 30.0 Å². The molecule has 4 aromatic rings. The molecule has 3 aromatic carbocycles. The lowest BCUT2D eigenvalue weighted by molar-refractivity contribution is -0.0142. The summed E-state index contributed by atoms with van der Waals surface area (Å²) in [6.07, 6.45) is 5.95. The Hall–Kier alpha value is -2.98. The first-order valence-electron chi connectivity index (χ1n) is 12.4. The van der Waals surface area contributed by atoms with Crippen LogP contribution in [0.2, 0.25) is 0 Å². The number of hydrogen-bond acceptors (Lipinski definition) is 3. The van der Waals surface area contributed by atoms with Crippen molar-refractivity contribution < 1.29 is 9.13 Å². The fourth-order valence-electron chi connectivity index (χ4n) is 5.37. The summed E-state index contributed by atoms with van der Waals surface area (Å²) in [5.74, 6) is -0.255. The van der Waals surface area contributed by atoms with E-state index in [1.165, 1.54) is 28.6 Å². The third kappa shape index (κ3) is 4.97. The summed E-state index contributed by atoms with van der Waals surface area (Å²) in [7, 11) is 2.17. The minimum atomic E-state index is -0.616. The lowest BCUT2D eigenvalue weighted by Crippen LogP contribution is -2.29. The molecule has 1 unspecified atom stereocenters. The van der Waals surface area contributed by atoms with Gasteiger partial charge in [-0.2, -0.15) is 5.26 Å². The maximum absolute atomic E-state index is 13.7. The molecule has 0 spiro atoms. The topological polar surface area (TPSA) is 52.0 Å². The van der Waals surface area contributed by atoms with E-state index in [4.69, 9.17) is 4.74 Å². The van der Waals surface area contributed by atoms with E-state index in [2.05, 4.69) is 63.3 Å². The number of hydrogen-bond donors (Lipinski definition) is 1. The van der Waals surface area contributed by atoms with Crippen LogP contribution >= 0.6 is 15.9 Å². The van der Waals surface area contributed by atoms with Gasteiger partial charge in [-0.05, 0) is 111 Å². The van der Waals surface area contributed by atoms with Gasteiger partial charge >= 0.3 is 0 Å². The van der Waals surface area contributed by atoms with Crippen molar-refractivity contribution in [3.63, 3.8) is 0 Å². The highest BCUT2D eigenvalue weighted by Crippen LogP contribution is 2.45. The van der Waals surface area contributed by atoms with E-state index in [0.29, 0.717) is 12.2 Å². The lowest BCUT2D eigenvalue weighted by atomic mass is 9.81. The molecule has 0 aliphatic carbocycles. The van der Waals surface area contributed by atoms with Crippen molar-refractivity contribution in [2.24, 2.45) is 0 Å². The number of ether oxygens (including phenoxy) is 1. The van der Waals surface area contributed by atoms with Gasteiger partial charge in [0.2, 0.25) is 0 Å². The monoisotopic (exact) mass is 545 g/mol. The van der Waals surface area contributed by atoms with E-state index in [-0.39, 0.29) is 5.82 Å². The minimum absolute atomic E-state index is 0.255. The first-order valence-corrected chi connectivity index (χ1v) is 13.2. The molecule has 1 aromatic heterocycles. The Morgan fingerprint density at radius 3 is 2.69 bits per heavy atom. The van der Waals surface area contributed by atoms with Crippen molar-refractivity contribution in [2.75, 3.05) is 20.1 Å². The first kappa shape index (κ1) is 24.7. The van der Waals surface area contributed by atoms with Crippen molar-refractivity contribution in [3.8, 4) is 6.07 Å². The minimum Gasteiger partial charge on any atom is -0.361 e. The van der Waals surface area contributed by atoms with E-state index in [0.717, 1.165) is 59.9 Å². The maximum Gasteiger partial charge on any atom is 0.123 e. The Labute approximate surface area is 219 Å². The average Bonchev–Trinajstić information content (AvgIpc) is 3.46. The predicted molar refractivity (Wildman–Crippen MR) is 144 cm³/mol. The number of rotatable bonds is 9. The van der Waals surface area contributed by atoms with Crippen LogP contribution in [0.4, 0.5) is 4.39 Å². The summed E-state index contributed by atoms with van der Waals surface area (Å²) in [4.78, 5) is 5.74. The zero-order valence-corrected chi connectivity index (χ0v) is 21.9. The van der Waals surface area contributed by atoms with Crippen LogP contribution in [0.1, 0.15) is 47.1 Å². The van der Waals surface area contributed by atoms with Crippen molar-refractivity contribution in [1.29, 1.82) is 5.26 Å². The van der Waals surface area contributed by atoms with Crippen LogP contribution in [0.5, 0.6) is 0 Å². The molecular formula is C30H29BrFN3O. The largest absolute Gasteiger partial charge is 0.361 e. The molecule has 1 N–H and O–H groups in total. The van der Waals surface area contributed by atoms with Gasteiger partial charge in [-0.1, -0.05) is 34.1 Å². The van der Waals surface area contributed by atoms with E-state index in [9.17, 15) is 9.65 Å². The van der Waals surface area contributed by atoms with Crippen LogP contribution in [0.3, 0.4) is 0 Å². The second-order valence-electron chi connectivity index (χ2n) is 9.62. The van der Waals surface area contributed by atoms with Gasteiger partial charge < -0.3 is 14.6 Å². The van der Waals surface area contributed by atoms with Crippen molar-refractivity contribution in [2.45, 2.75) is 37.9 Å². The molecule has 184 valence electrons. The van der Waals surface area contributed by atoms with E-state index in [1.807, 2.05) is 30.3 Å². The van der Waals surface area contributed by atoms with Crippen LogP contribution < -0.4 is 0 Å². The number of aromatic nitrogens is 1. The summed E-state index contributed by atoms with van der Waals surface area (Å²) in [5.41, 5.74) is 5.62. The molecule has 0 fully saturated rings. The molecule has 0 bridgehead atoms. The summed E-state index contributed by atoms with van der Waals surface area (Å²) >= 11 is 3.58. The predicted octanol–water partition coefficient (Wildman–Crippen LogP) is 7.06. The number of fused-ring (bicyclic) bond motifs is 2. The third-order valence-corrected chi connectivity index (χ3v) is 7.73. The molecule has 0 saturated heterocycles. The molecule has 0 amide bonds. The Morgan fingerprint density at radius 2 is 1.89 bits per heavy atom. The molecule has 5 rings (SSSR count). The van der Waals surface area contributed by atoms with Crippen LogP contribution in [0.25, 0.3) is 10.9 Å². The highest BCUT2D eigenvalue weighted by molar-refractivity contribution is 9.10. The number of halogens is 2. The third-order valence-electron chi connectivity index (χ3n) is 7.24. The van der Waals surface area contributed by atoms with Crippen molar-refractivity contribution >= 4 is 26.8 Å². The zero-order chi connectivity index (χ0) is 25.1. The van der Waals surface area contributed by atoms with E-state index >= 15 is 0 Å². The Kier molecular flexibility index (Phi) is 7.25. The molecule has 6 heteroatoms. The highest BCUT2D eigenvalue weighted by Gasteiger charge is 2.41. The van der Waals surface area contributed by atoms with Gasteiger partial charge in [0.25, 0.3) is 0 Å². The summed E-state index contributed by atoms with van der Waals surface area (Å²) in [5, 5.41) is 10.6. The van der Waals surface area contributed by atoms with Crippen LogP contribution in [0.15, 0.2) is 71.3 Å².